The Morgan fingerprint density at radius 1 is 1.00 bits per heavy atom. The van der Waals surface area contributed by atoms with E-state index in [4.69, 9.17) is 9.47 Å². The van der Waals surface area contributed by atoms with Crippen LogP contribution in [0.25, 0.3) is 0 Å². The van der Waals surface area contributed by atoms with E-state index in [-0.39, 0.29) is 5.91 Å². The highest BCUT2D eigenvalue weighted by atomic mass is 16.5. The van der Waals surface area contributed by atoms with Gasteiger partial charge >= 0.3 is 0 Å². The molecule has 0 atom stereocenters. The summed E-state index contributed by atoms with van der Waals surface area (Å²) < 4.78 is 11.0. The summed E-state index contributed by atoms with van der Waals surface area (Å²) in [6, 6.07) is 17.6. The minimum Gasteiger partial charge on any atom is -0.493 e. The second-order valence-corrected chi connectivity index (χ2v) is 5.51. The third kappa shape index (κ3) is 4.33. The summed E-state index contributed by atoms with van der Waals surface area (Å²) in [6.07, 6.45) is 0.870. The third-order valence-electron chi connectivity index (χ3n) is 3.90. The van der Waals surface area contributed by atoms with Crippen LogP contribution in [0.2, 0.25) is 0 Å². The number of carbonyl (C=O) groups is 1. The summed E-state index contributed by atoms with van der Waals surface area (Å²) in [5, 5.41) is 0. The fourth-order valence-corrected chi connectivity index (χ4v) is 2.57. The molecule has 23 heavy (non-hydrogen) atoms. The Morgan fingerprint density at radius 3 is 2.39 bits per heavy atom. The maximum absolute atomic E-state index is 12.3. The molecule has 0 saturated carbocycles. The summed E-state index contributed by atoms with van der Waals surface area (Å²) in [5.74, 6) is 0.851. The molecule has 1 aliphatic rings. The lowest BCUT2D eigenvalue weighted by molar-refractivity contribution is 0.0303. The van der Waals surface area contributed by atoms with Crippen LogP contribution in [0.3, 0.4) is 0 Å². The molecule has 1 amide bonds. The maximum atomic E-state index is 12.3. The van der Waals surface area contributed by atoms with Gasteiger partial charge in [-0.15, -0.1) is 0 Å². The molecular weight excluding hydrogens is 290 g/mol. The fourth-order valence-electron chi connectivity index (χ4n) is 2.57. The van der Waals surface area contributed by atoms with E-state index in [0.29, 0.717) is 38.5 Å². The Labute approximate surface area is 136 Å². The van der Waals surface area contributed by atoms with E-state index in [2.05, 4.69) is 12.1 Å². The van der Waals surface area contributed by atoms with Crippen molar-refractivity contribution in [1.82, 2.24) is 4.90 Å². The lowest BCUT2D eigenvalue weighted by Gasteiger charge is -2.26. The summed E-state index contributed by atoms with van der Waals surface area (Å²) in [5.41, 5.74) is 1.95. The molecule has 0 aromatic heterocycles. The quantitative estimate of drug-likeness (QED) is 0.852. The average Bonchev–Trinajstić information content (AvgIpc) is 2.63. The minimum atomic E-state index is 0.0594. The predicted octanol–water partition coefficient (Wildman–Crippen LogP) is 2.78. The van der Waals surface area contributed by atoms with Crippen molar-refractivity contribution in [2.45, 2.75) is 6.42 Å². The van der Waals surface area contributed by atoms with Crippen LogP contribution in [0.4, 0.5) is 0 Å². The highest BCUT2D eigenvalue weighted by Gasteiger charge is 2.18. The Morgan fingerprint density at radius 2 is 1.70 bits per heavy atom. The molecule has 0 radical (unpaired) electrons. The molecule has 2 aromatic carbocycles. The average molecular weight is 311 g/mol. The normalized spacial score (nSPS) is 14.5. The summed E-state index contributed by atoms with van der Waals surface area (Å²) in [7, 11) is 0. The van der Waals surface area contributed by atoms with Crippen LogP contribution in [-0.4, -0.2) is 43.7 Å². The van der Waals surface area contributed by atoms with E-state index >= 15 is 0 Å². The van der Waals surface area contributed by atoms with Gasteiger partial charge in [0.2, 0.25) is 0 Å². The van der Waals surface area contributed by atoms with E-state index in [9.17, 15) is 4.79 Å². The maximum Gasteiger partial charge on any atom is 0.254 e. The second-order valence-electron chi connectivity index (χ2n) is 5.51. The number of nitrogens with zero attached hydrogens (tertiary/aromatic N) is 1. The molecule has 1 heterocycles. The molecule has 120 valence electrons. The number of benzene rings is 2. The van der Waals surface area contributed by atoms with E-state index in [1.54, 1.807) is 0 Å². The summed E-state index contributed by atoms with van der Waals surface area (Å²) in [6.45, 7) is 3.18. The highest BCUT2D eigenvalue weighted by Crippen LogP contribution is 2.15. The van der Waals surface area contributed by atoms with Gasteiger partial charge in [-0.05, 0) is 29.8 Å². The first-order chi connectivity index (χ1) is 11.3. The lowest BCUT2D eigenvalue weighted by Crippen LogP contribution is -2.40. The van der Waals surface area contributed by atoms with Gasteiger partial charge in [-0.25, -0.2) is 0 Å². The van der Waals surface area contributed by atoms with Crippen LogP contribution in [-0.2, 0) is 11.2 Å². The molecular formula is C19H21NO3. The van der Waals surface area contributed by atoms with Crippen molar-refractivity contribution in [2.24, 2.45) is 0 Å². The van der Waals surface area contributed by atoms with Gasteiger partial charge in [0.15, 0.2) is 0 Å². The van der Waals surface area contributed by atoms with Crippen LogP contribution in [0.5, 0.6) is 5.75 Å². The van der Waals surface area contributed by atoms with Crippen molar-refractivity contribution in [3.05, 3.63) is 65.7 Å². The fraction of sp³-hybridized carbons (Fsp3) is 0.316. The Hall–Kier alpha value is -2.33. The first kappa shape index (κ1) is 15.6. The number of amides is 1. The van der Waals surface area contributed by atoms with Gasteiger partial charge < -0.3 is 14.4 Å². The van der Waals surface area contributed by atoms with Crippen LogP contribution in [0.1, 0.15) is 15.9 Å². The Bertz CT molecular complexity index is 619. The van der Waals surface area contributed by atoms with E-state index in [1.807, 2.05) is 47.4 Å². The Kier molecular flexibility index (Phi) is 5.27. The van der Waals surface area contributed by atoms with Crippen LogP contribution in [0, 0.1) is 0 Å². The van der Waals surface area contributed by atoms with Gasteiger partial charge in [0.25, 0.3) is 5.91 Å². The molecule has 1 saturated heterocycles. The number of rotatable bonds is 5. The first-order valence-electron chi connectivity index (χ1n) is 7.97. The molecule has 0 aliphatic carbocycles. The van der Waals surface area contributed by atoms with Crippen LogP contribution < -0.4 is 4.74 Å². The van der Waals surface area contributed by atoms with Gasteiger partial charge in [0, 0.05) is 25.1 Å². The van der Waals surface area contributed by atoms with Crippen molar-refractivity contribution in [3.8, 4) is 5.75 Å². The zero-order valence-electron chi connectivity index (χ0n) is 13.1. The van der Waals surface area contributed by atoms with Gasteiger partial charge in [0.05, 0.1) is 19.8 Å². The molecule has 4 nitrogen and oxygen atoms in total. The molecule has 4 heteroatoms. The number of ether oxygens (including phenoxy) is 2. The van der Waals surface area contributed by atoms with Crippen molar-refractivity contribution in [1.29, 1.82) is 0 Å². The molecule has 0 unspecified atom stereocenters. The SMILES string of the molecule is O=C(c1ccc(OCCc2ccccc2)cc1)N1CCOCC1. The number of hydrogen-bond donors (Lipinski definition) is 0. The topological polar surface area (TPSA) is 38.8 Å². The summed E-state index contributed by atoms with van der Waals surface area (Å²) in [4.78, 5) is 14.2. The standard InChI is InChI=1S/C19H21NO3/c21-19(20-11-14-22-15-12-20)17-6-8-18(9-7-17)23-13-10-16-4-2-1-3-5-16/h1-9H,10-15H2. The van der Waals surface area contributed by atoms with Gasteiger partial charge in [0.1, 0.15) is 5.75 Å². The molecule has 0 spiro atoms. The largest absolute Gasteiger partial charge is 0.493 e. The van der Waals surface area contributed by atoms with E-state index in [0.717, 1.165) is 12.2 Å². The van der Waals surface area contributed by atoms with Crippen LogP contribution in [0.15, 0.2) is 54.6 Å². The van der Waals surface area contributed by atoms with Crippen molar-refractivity contribution in [2.75, 3.05) is 32.9 Å². The molecule has 0 bridgehead atoms. The zero-order valence-corrected chi connectivity index (χ0v) is 13.1. The molecule has 1 aliphatic heterocycles. The monoisotopic (exact) mass is 311 g/mol. The zero-order chi connectivity index (χ0) is 15.9. The van der Waals surface area contributed by atoms with Crippen molar-refractivity contribution < 1.29 is 14.3 Å². The van der Waals surface area contributed by atoms with Crippen molar-refractivity contribution >= 4 is 5.91 Å². The third-order valence-corrected chi connectivity index (χ3v) is 3.90. The number of morpholine rings is 1. The van der Waals surface area contributed by atoms with E-state index in [1.165, 1.54) is 5.56 Å². The smallest absolute Gasteiger partial charge is 0.254 e. The van der Waals surface area contributed by atoms with Crippen molar-refractivity contribution in [3.63, 3.8) is 0 Å². The predicted molar refractivity (Wildman–Crippen MR) is 88.8 cm³/mol. The molecule has 0 N–H and O–H groups in total. The second kappa shape index (κ2) is 7.79. The number of hydrogen-bond acceptors (Lipinski definition) is 3. The van der Waals surface area contributed by atoms with Gasteiger partial charge in [-0.3, -0.25) is 4.79 Å². The van der Waals surface area contributed by atoms with Gasteiger partial charge in [-0.1, -0.05) is 30.3 Å². The molecule has 1 fully saturated rings. The lowest BCUT2D eigenvalue weighted by atomic mass is 10.1. The molecule has 3 rings (SSSR count). The highest BCUT2D eigenvalue weighted by molar-refractivity contribution is 5.94. The van der Waals surface area contributed by atoms with Crippen LogP contribution >= 0.6 is 0 Å². The number of carbonyl (C=O) groups excluding carboxylic acids is 1. The first-order valence-corrected chi connectivity index (χ1v) is 7.97. The Balaban J connectivity index is 1.51. The van der Waals surface area contributed by atoms with Gasteiger partial charge in [-0.2, -0.15) is 0 Å². The summed E-state index contributed by atoms with van der Waals surface area (Å²) >= 11 is 0. The minimum absolute atomic E-state index is 0.0594. The van der Waals surface area contributed by atoms with E-state index < -0.39 is 0 Å². The molecule has 2 aromatic rings.